The van der Waals surface area contributed by atoms with Crippen LogP contribution in [0, 0.1) is 18.3 Å². The van der Waals surface area contributed by atoms with E-state index in [1.54, 1.807) is 6.07 Å². The summed E-state index contributed by atoms with van der Waals surface area (Å²) in [6.45, 7) is 2.57. The average Bonchev–Trinajstić information content (AvgIpc) is 2.64. The van der Waals surface area contributed by atoms with Crippen LogP contribution in [0.25, 0.3) is 0 Å². The predicted molar refractivity (Wildman–Crippen MR) is 60.9 cm³/mol. The van der Waals surface area contributed by atoms with Crippen molar-refractivity contribution in [3.63, 3.8) is 0 Å². The lowest BCUT2D eigenvalue weighted by Gasteiger charge is -2.12. The molecule has 0 spiro atoms. The van der Waals surface area contributed by atoms with Gasteiger partial charge in [-0.05, 0) is 30.7 Å². The first-order chi connectivity index (χ1) is 7.69. The van der Waals surface area contributed by atoms with Gasteiger partial charge in [-0.15, -0.1) is 0 Å². The summed E-state index contributed by atoms with van der Waals surface area (Å²) in [5.41, 5.74) is 2.59. The molecule has 16 heavy (non-hydrogen) atoms. The fourth-order valence-electron chi connectivity index (χ4n) is 1.82. The third-order valence-corrected chi connectivity index (χ3v) is 2.70. The summed E-state index contributed by atoms with van der Waals surface area (Å²) >= 11 is 0. The van der Waals surface area contributed by atoms with Crippen LogP contribution in [0.15, 0.2) is 18.2 Å². The summed E-state index contributed by atoms with van der Waals surface area (Å²) in [7, 11) is 0. The van der Waals surface area contributed by atoms with Gasteiger partial charge in [0.25, 0.3) is 0 Å². The van der Waals surface area contributed by atoms with Gasteiger partial charge in [-0.3, -0.25) is 4.79 Å². The zero-order valence-electron chi connectivity index (χ0n) is 9.08. The van der Waals surface area contributed by atoms with Gasteiger partial charge >= 0.3 is 0 Å². The molecule has 0 radical (unpaired) electrons. The molecule has 1 aromatic rings. The first-order valence-electron chi connectivity index (χ1n) is 5.23. The third-order valence-electron chi connectivity index (χ3n) is 2.70. The highest BCUT2D eigenvalue weighted by atomic mass is 16.1. The smallest absolute Gasteiger partial charge is 0.222 e. The molecule has 2 rings (SSSR count). The van der Waals surface area contributed by atoms with Crippen molar-refractivity contribution in [2.24, 2.45) is 0 Å². The first-order valence-corrected chi connectivity index (χ1v) is 5.23. The molecule has 1 aliphatic heterocycles. The number of nitriles is 1. The molecule has 0 saturated carbocycles. The average molecular weight is 215 g/mol. The molecule has 0 bridgehead atoms. The SMILES string of the molecule is Cc1cc(NC2CNC(=O)C2)ccc1C#N. The fraction of sp³-hybridized carbons (Fsp3) is 0.333. The van der Waals surface area contributed by atoms with E-state index in [4.69, 9.17) is 5.26 Å². The number of hydrogen-bond donors (Lipinski definition) is 2. The van der Waals surface area contributed by atoms with Crippen LogP contribution in [0.5, 0.6) is 0 Å². The molecule has 4 heteroatoms. The molecule has 2 N–H and O–H groups in total. The predicted octanol–water partition coefficient (Wildman–Crippen LogP) is 1.17. The zero-order chi connectivity index (χ0) is 11.5. The molecule has 0 aliphatic carbocycles. The maximum Gasteiger partial charge on any atom is 0.222 e. The summed E-state index contributed by atoms with van der Waals surface area (Å²) < 4.78 is 0. The fourth-order valence-corrected chi connectivity index (χ4v) is 1.82. The van der Waals surface area contributed by atoms with Crippen LogP contribution in [0.3, 0.4) is 0 Å². The Bertz CT molecular complexity index is 462. The van der Waals surface area contributed by atoms with E-state index in [-0.39, 0.29) is 11.9 Å². The molecule has 1 atom stereocenters. The van der Waals surface area contributed by atoms with Crippen LogP contribution in [0.4, 0.5) is 5.69 Å². The molecule has 1 unspecified atom stereocenters. The van der Waals surface area contributed by atoms with Crippen LogP contribution < -0.4 is 10.6 Å². The lowest BCUT2D eigenvalue weighted by molar-refractivity contribution is -0.119. The number of nitrogens with zero attached hydrogens (tertiary/aromatic N) is 1. The Hall–Kier alpha value is -2.02. The van der Waals surface area contributed by atoms with Crippen LogP contribution in [0.2, 0.25) is 0 Å². The molecule has 1 aromatic carbocycles. The molecule has 4 nitrogen and oxygen atoms in total. The number of amides is 1. The Morgan fingerprint density at radius 1 is 1.56 bits per heavy atom. The highest BCUT2D eigenvalue weighted by Gasteiger charge is 2.20. The van der Waals surface area contributed by atoms with Gasteiger partial charge in [-0.2, -0.15) is 5.26 Å². The second-order valence-corrected chi connectivity index (χ2v) is 3.99. The minimum Gasteiger partial charge on any atom is -0.380 e. The minimum atomic E-state index is 0.0860. The highest BCUT2D eigenvalue weighted by Crippen LogP contribution is 2.16. The number of anilines is 1. The van der Waals surface area contributed by atoms with Crippen LogP contribution in [-0.2, 0) is 4.79 Å². The lowest BCUT2D eigenvalue weighted by atomic mass is 10.1. The molecule has 1 heterocycles. The number of aryl methyl sites for hydroxylation is 1. The maximum absolute atomic E-state index is 11.0. The number of carbonyl (C=O) groups is 1. The van der Waals surface area contributed by atoms with Crippen molar-refractivity contribution in [1.82, 2.24) is 5.32 Å². The van der Waals surface area contributed by atoms with Crippen molar-refractivity contribution >= 4 is 11.6 Å². The molecule has 1 fully saturated rings. The highest BCUT2D eigenvalue weighted by molar-refractivity contribution is 5.79. The van der Waals surface area contributed by atoms with E-state index in [1.165, 1.54) is 0 Å². The number of hydrogen-bond acceptors (Lipinski definition) is 3. The van der Waals surface area contributed by atoms with Crippen LogP contribution in [0.1, 0.15) is 17.5 Å². The normalized spacial score (nSPS) is 19.0. The van der Waals surface area contributed by atoms with Gasteiger partial charge in [-0.25, -0.2) is 0 Å². The third kappa shape index (κ3) is 2.14. The van der Waals surface area contributed by atoms with Gasteiger partial charge in [0, 0.05) is 18.7 Å². The van der Waals surface area contributed by atoms with E-state index in [2.05, 4.69) is 16.7 Å². The van der Waals surface area contributed by atoms with Gasteiger partial charge in [0.1, 0.15) is 0 Å². The number of nitrogens with one attached hydrogen (secondary N) is 2. The van der Waals surface area contributed by atoms with E-state index < -0.39 is 0 Å². The summed E-state index contributed by atoms with van der Waals surface area (Å²) in [6.07, 6.45) is 0.513. The second-order valence-electron chi connectivity index (χ2n) is 3.99. The Balaban J connectivity index is 2.08. The van der Waals surface area contributed by atoms with E-state index >= 15 is 0 Å². The molecular formula is C12H13N3O. The van der Waals surface area contributed by atoms with Gasteiger partial charge in [0.15, 0.2) is 0 Å². The molecule has 1 amide bonds. The van der Waals surface area contributed by atoms with Gasteiger partial charge in [0.05, 0.1) is 17.7 Å². The molecule has 1 aliphatic rings. The summed E-state index contributed by atoms with van der Waals surface area (Å²) in [5.74, 6) is 0.0860. The number of rotatable bonds is 2. The molecule has 1 saturated heterocycles. The van der Waals surface area contributed by atoms with E-state index in [0.717, 1.165) is 11.3 Å². The van der Waals surface area contributed by atoms with E-state index in [0.29, 0.717) is 18.5 Å². The number of carbonyl (C=O) groups excluding carboxylic acids is 1. The number of benzene rings is 1. The Morgan fingerprint density at radius 2 is 2.38 bits per heavy atom. The molecule has 82 valence electrons. The first kappa shape index (κ1) is 10.5. The Morgan fingerprint density at radius 3 is 2.94 bits per heavy atom. The van der Waals surface area contributed by atoms with E-state index in [1.807, 2.05) is 19.1 Å². The van der Waals surface area contributed by atoms with Crippen molar-refractivity contribution in [2.75, 3.05) is 11.9 Å². The standard InChI is InChI=1S/C12H13N3O/c1-8-4-10(3-2-9(8)6-13)15-11-5-12(16)14-7-11/h2-4,11,15H,5,7H2,1H3,(H,14,16). The largest absolute Gasteiger partial charge is 0.380 e. The van der Waals surface area contributed by atoms with Crippen molar-refractivity contribution in [3.8, 4) is 6.07 Å². The Kier molecular flexibility index (Phi) is 2.78. The lowest BCUT2D eigenvalue weighted by Crippen LogP contribution is -2.22. The quantitative estimate of drug-likeness (QED) is 0.778. The van der Waals surface area contributed by atoms with Crippen molar-refractivity contribution in [3.05, 3.63) is 29.3 Å². The summed E-state index contributed by atoms with van der Waals surface area (Å²) in [6, 6.07) is 7.88. The van der Waals surface area contributed by atoms with Crippen LogP contribution >= 0.6 is 0 Å². The van der Waals surface area contributed by atoms with Gasteiger partial charge < -0.3 is 10.6 Å². The van der Waals surface area contributed by atoms with Crippen molar-refractivity contribution in [1.29, 1.82) is 5.26 Å². The molecule has 0 aromatic heterocycles. The van der Waals surface area contributed by atoms with Crippen molar-refractivity contribution in [2.45, 2.75) is 19.4 Å². The minimum absolute atomic E-state index is 0.0860. The molecular weight excluding hydrogens is 202 g/mol. The topological polar surface area (TPSA) is 64.9 Å². The summed E-state index contributed by atoms with van der Waals surface area (Å²) in [4.78, 5) is 11.0. The zero-order valence-corrected chi connectivity index (χ0v) is 9.08. The maximum atomic E-state index is 11.0. The second kappa shape index (κ2) is 4.23. The van der Waals surface area contributed by atoms with E-state index in [9.17, 15) is 4.79 Å². The summed E-state index contributed by atoms with van der Waals surface area (Å²) in [5, 5.41) is 14.8. The van der Waals surface area contributed by atoms with Crippen molar-refractivity contribution < 1.29 is 4.79 Å². The monoisotopic (exact) mass is 215 g/mol. The van der Waals surface area contributed by atoms with Gasteiger partial charge in [-0.1, -0.05) is 0 Å². The van der Waals surface area contributed by atoms with Gasteiger partial charge in [0.2, 0.25) is 5.91 Å². The Labute approximate surface area is 94.3 Å². The van der Waals surface area contributed by atoms with Crippen LogP contribution in [-0.4, -0.2) is 18.5 Å².